The van der Waals surface area contributed by atoms with Gasteiger partial charge in [-0.15, -0.1) is 0 Å². The molecule has 0 aliphatic rings. The van der Waals surface area contributed by atoms with E-state index >= 15 is 0 Å². The number of unbranched alkanes of at least 4 members (excludes halogenated alkanes) is 1. The standard InChI is InChI=1S/C52H73N9O13/c1-8-9-19-36(44(67)46(53)68)56-48(70)38(24-31(2)3)59-51(73)45(52(5,6)7)60-50(72)39(25-34-18-14-13-15-32(34)4)58-47(69)37(20-22-42(63)64)57-49(71)40(55-41(62)21-23-43(65)66)26-35-27-54-29-61(35)30-74-28-33-16-11-10-12-17-33/h10-18,27,29,31,36-40,45H,8-9,19-26,28,30H2,1-7H3,(H2,53,68)(H,55,62)(H,56,70)(H,57,71)(H,58,69)(H,59,73)(H,60,72)(H,63,64)(H,65,66)/t36-,37-,38-,39-,40-,45+/m0/s1. The third-order valence-electron chi connectivity index (χ3n) is 11.8. The molecule has 2 aromatic carbocycles. The summed E-state index contributed by atoms with van der Waals surface area (Å²) in [6, 6.07) is 7.96. The Bertz CT molecular complexity index is 2420. The van der Waals surface area contributed by atoms with Crippen LogP contribution in [0.3, 0.4) is 0 Å². The molecule has 0 saturated heterocycles. The summed E-state index contributed by atoms with van der Waals surface area (Å²) in [4.78, 5) is 136. The van der Waals surface area contributed by atoms with Crippen LogP contribution in [0.1, 0.15) is 115 Å². The smallest absolute Gasteiger partial charge is 0.303 e. The Morgan fingerprint density at radius 2 is 1.24 bits per heavy atom. The molecule has 0 radical (unpaired) electrons. The van der Waals surface area contributed by atoms with Crippen molar-refractivity contribution in [3.63, 3.8) is 0 Å². The van der Waals surface area contributed by atoms with Gasteiger partial charge < -0.3 is 57.2 Å². The van der Waals surface area contributed by atoms with Crippen LogP contribution in [0.5, 0.6) is 0 Å². The summed E-state index contributed by atoms with van der Waals surface area (Å²) < 4.78 is 7.43. The van der Waals surface area contributed by atoms with Gasteiger partial charge in [0.25, 0.3) is 5.91 Å². The molecule has 74 heavy (non-hydrogen) atoms. The van der Waals surface area contributed by atoms with E-state index in [2.05, 4.69) is 36.9 Å². The number of ketones is 1. The number of amides is 7. The van der Waals surface area contributed by atoms with Crippen molar-refractivity contribution in [2.75, 3.05) is 0 Å². The molecule has 10 N–H and O–H groups in total. The lowest BCUT2D eigenvalue weighted by Crippen LogP contribution is -2.62. The van der Waals surface area contributed by atoms with Crippen molar-refractivity contribution in [3.8, 4) is 0 Å². The molecule has 0 bridgehead atoms. The van der Waals surface area contributed by atoms with Crippen LogP contribution in [-0.2, 0) is 78.9 Å². The number of hydrogen-bond donors (Lipinski definition) is 9. The highest BCUT2D eigenvalue weighted by atomic mass is 16.5. The van der Waals surface area contributed by atoms with Crippen LogP contribution in [0, 0.1) is 18.3 Å². The number of carbonyl (C=O) groups is 10. The first-order valence-corrected chi connectivity index (χ1v) is 24.6. The quantitative estimate of drug-likeness (QED) is 0.0405. The summed E-state index contributed by atoms with van der Waals surface area (Å²) >= 11 is 0. The second kappa shape index (κ2) is 29.9. The maximum atomic E-state index is 14.6. The molecule has 1 heterocycles. The predicted molar refractivity (Wildman–Crippen MR) is 270 cm³/mol. The Hall–Kier alpha value is -7.49. The minimum Gasteiger partial charge on any atom is -0.481 e. The molecule has 0 aliphatic carbocycles. The molecule has 1 aromatic heterocycles. The molecular formula is C52H73N9O13. The summed E-state index contributed by atoms with van der Waals surface area (Å²) in [5.74, 6) is -10.1. The monoisotopic (exact) mass is 1030 g/mol. The number of nitrogens with one attached hydrogen (secondary N) is 6. The highest BCUT2D eigenvalue weighted by Crippen LogP contribution is 2.22. The molecule has 0 unspecified atom stereocenters. The Morgan fingerprint density at radius 3 is 1.85 bits per heavy atom. The number of aromatic nitrogens is 2. The largest absolute Gasteiger partial charge is 0.481 e. The fraction of sp³-hybridized carbons (Fsp3) is 0.519. The number of nitrogens with two attached hydrogens (primary N) is 1. The van der Waals surface area contributed by atoms with Crippen LogP contribution in [-0.4, -0.2) is 115 Å². The number of primary amides is 1. The third kappa shape index (κ3) is 20.9. The van der Waals surface area contributed by atoms with Gasteiger partial charge in [-0.25, -0.2) is 4.98 Å². The zero-order valence-electron chi connectivity index (χ0n) is 43.2. The van der Waals surface area contributed by atoms with E-state index in [1.807, 2.05) is 51.1 Å². The van der Waals surface area contributed by atoms with Crippen molar-refractivity contribution < 1.29 is 62.9 Å². The normalized spacial score (nSPS) is 13.7. The fourth-order valence-corrected chi connectivity index (χ4v) is 7.72. The zero-order chi connectivity index (χ0) is 55.1. The number of hydrogen-bond acceptors (Lipinski definition) is 12. The van der Waals surface area contributed by atoms with Crippen LogP contribution < -0.4 is 37.6 Å². The van der Waals surface area contributed by atoms with E-state index in [-0.39, 0.29) is 44.9 Å². The molecule has 3 rings (SSSR count). The van der Waals surface area contributed by atoms with Crippen LogP contribution in [0.15, 0.2) is 67.1 Å². The lowest BCUT2D eigenvalue weighted by Gasteiger charge is -2.34. The van der Waals surface area contributed by atoms with Crippen molar-refractivity contribution >= 4 is 59.1 Å². The van der Waals surface area contributed by atoms with Gasteiger partial charge >= 0.3 is 11.9 Å². The first-order valence-electron chi connectivity index (χ1n) is 24.6. The number of nitrogens with zero attached hydrogens (tertiary/aromatic N) is 2. The van der Waals surface area contributed by atoms with Gasteiger partial charge in [-0.1, -0.05) is 109 Å². The number of ether oxygens (including phenoxy) is 1. The maximum absolute atomic E-state index is 14.6. The molecule has 0 spiro atoms. The Kier molecular flexibility index (Phi) is 24.6. The van der Waals surface area contributed by atoms with Gasteiger partial charge in [0.1, 0.15) is 36.9 Å². The summed E-state index contributed by atoms with van der Waals surface area (Å²) in [6.07, 6.45) is 1.73. The number of carboxylic acids is 2. The summed E-state index contributed by atoms with van der Waals surface area (Å²) in [5.41, 5.74) is 6.89. The topological polar surface area (TPSA) is 336 Å². The average Bonchev–Trinajstić information content (AvgIpc) is 3.78. The highest BCUT2D eigenvalue weighted by molar-refractivity contribution is 6.37. The van der Waals surface area contributed by atoms with Gasteiger partial charge in [0, 0.05) is 37.6 Å². The minimum absolute atomic E-state index is 0.00871. The highest BCUT2D eigenvalue weighted by Gasteiger charge is 2.39. The number of Topliss-reactive ketones (excluding diaryl/α,β-unsaturated/α-hetero) is 1. The van der Waals surface area contributed by atoms with E-state index in [1.54, 1.807) is 56.5 Å². The molecule has 404 valence electrons. The Morgan fingerprint density at radius 1 is 0.676 bits per heavy atom. The van der Waals surface area contributed by atoms with E-state index < -0.39 is 126 Å². The number of carbonyl (C=O) groups excluding carboxylic acids is 8. The SMILES string of the molecule is CCCC[C@H](NC(=O)[C@H](CC(C)C)NC(=O)[C@@H](NC(=O)[C@H](Cc1ccccc1C)NC(=O)[C@H](CCC(=O)O)NC(=O)[C@H](Cc1cncn1COCc1ccccc1)NC(=O)CCC(=O)O)C(C)(C)C)C(=O)C(N)=O. The molecule has 0 fully saturated rings. The van der Waals surface area contributed by atoms with Crippen molar-refractivity contribution in [3.05, 3.63) is 89.5 Å². The summed E-state index contributed by atoms with van der Waals surface area (Å²) in [7, 11) is 0. The van der Waals surface area contributed by atoms with Gasteiger partial charge in [0.2, 0.25) is 41.2 Å². The molecule has 3 aromatic rings. The number of imidazole rings is 1. The first-order chi connectivity index (χ1) is 34.9. The van der Waals surface area contributed by atoms with Crippen LogP contribution >= 0.6 is 0 Å². The van der Waals surface area contributed by atoms with Crippen molar-refractivity contribution in [2.24, 2.45) is 17.1 Å². The van der Waals surface area contributed by atoms with Gasteiger partial charge in [-0.3, -0.25) is 47.9 Å². The first kappa shape index (κ1) is 60.8. The van der Waals surface area contributed by atoms with E-state index in [0.29, 0.717) is 24.1 Å². The van der Waals surface area contributed by atoms with Crippen molar-refractivity contribution in [1.82, 2.24) is 41.5 Å². The van der Waals surface area contributed by atoms with Gasteiger partial charge in [0.05, 0.1) is 25.4 Å². The molecule has 22 nitrogen and oxygen atoms in total. The minimum atomic E-state index is -1.62. The molecule has 0 aliphatic heterocycles. The second-order valence-electron chi connectivity index (χ2n) is 19.7. The number of aryl methyl sites for hydroxylation is 1. The fourth-order valence-electron chi connectivity index (χ4n) is 7.72. The van der Waals surface area contributed by atoms with Crippen LogP contribution in [0.2, 0.25) is 0 Å². The van der Waals surface area contributed by atoms with E-state index in [9.17, 15) is 58.2 Å². The van der Waals surface area contributed by atoms with Gasteiger partial charge in [0.15, 0.2) is 0 Å². The van der Waals surface area contributed by atoms with Crippen molar-refractivity contribution in [1.29, 1.82) is 0 Å². The van der Waals surface area contributed by atoms with Gasteiger partial charge in [-0.05, 0) is 54.2 Å². The number of benzene rings is 2. The van der Waals surface area contributed by atoms with E-state index in [1.165, 1.54) is 12.5 Å². The average molecular weight is 1030 g/mol. The third-order valence-corrected chi connectivity index (χ3v) is 11.8. The molecular weight excluding hydrogens is 959 g/mol. The number of rotatable bonds is 32. The van der Waals surface area contributed by atoms with Crippen molar-refractivity contribution in [2.45, 2.75) is 162 Å². The Balaban J connectivity index is 1.97. The lowest BCUT2D eigenvalue weighted by atomic mass is 9.85. The second-order valence-corrected chi connectivity index (χ2v) is 19.7. The summed E-state index contributed by atoms with van der Waals surface area (Å²) in [6.45, 7) is 12.5. The van der Waals surface area contributed by atoms with Crippen LogP contribution in [0.25, 0.3) is 0 Å². The maximum Gasteiger partial charge on any atom is 0.303 e. The van der Waals surface area contributed by atoms with E-state index in [0.717, 1.165) is 11.1 Å². The Labute approximate surface area is 431 Å². The number of aliphatic carboxylic acids is 2. The zero-order valence-corrected chi connectivity index (χ0v) is 43.2. The van der Waals surface area contributed by atoms with Gasteiger partial charge in [-0.2, -0.15) is 0 Å². The molecule has 6 atom stereocenters. The molecule has 7 amide bonds. The van der Waals surface area contributed by atoms with Crippen LogP contribution in [0.4, 0.5) is 0 Å². The molecule has 0 saturated carbocycles. The van der Waals surface area contributed by atoms with E-state index in [4.69, 9.17) is 10.5 Å². The lowest BCUT2D eigenvalue weighted by molar-refractivity contribution is -0.140. The summed E-state index contributed by atoms with van der Waals surface area (Å²) in [5, 5.41) is 34.7. The molecule has 22 heteroatoms. The predicted octanol–water partition coefficient (Wildman–Crippen LogP) is 2.13. The number of carboxylic acid groups (broad SMARTS) is 2.